The molecule has 22 heavy (non-hydrogen) atoms. The van der Waals surface area contributed by atoms with Crippen molar-refractivity contribution in [1.82, 2.24) is 9.97 Å². The average molecular weight is 300 g/mol. The van der Waals surface area contributed by atoms with Gasteiger partial charge in [0.15, 0.2) is 0 Å². The van der Waals surface area contributed by atoms with Crippen molar-refractivity contribution in [3.8, 4) is 11.3 Å². The summed E-state index contributed by atoms with van der Waals surface area (Å²) in [6, 6.07) is 3.97. The van der Waals surface area contributed by atoms with E-state index in [1.807, 2.05) is 12.2 Å². The normalized spacial score (nSPS) is 20.1. The van der Waals surface area contributed by atoms with E-state index in [0.717, 1.165) is 0 Å². The molecule has 2 aromatic rings. The van der Waals surface area contributed by atoms with Crippen LogP contribution in [-0.4, -0.2) is 15.9 Å². The quantitative estimate of drug-likeness (QED) is 0.654. The number of imidazole rings is 1. The van der Waals surface area contributed by atoms with E-state index in [9.17, 15) is 9.18 Å². The van der Waals surface area contributed by atoms with Crippen LogP contribution in [0.25, 0.3) is 11.3 Å². The number of aromatic nitrogens is 2. The maximum absolute atomic E-state index is 13.6. The number of aromatic amines is 1. The number of nitrogens with one attached hydrogen (secondary N) is 2. The van der Waals surface area contributed by atoms with Crippen LogP contribution in [0, 0.1) is 5.82 Å². The number of allylic oxidation sites excluding steroid dienone is 1. The predicted molar refractivity (Wildman–Crippen MR) is 82.5 cm³/mol. The van der Waals surface area contributed by atoms with E-state index in [1.54, 1.807) is 12.3 Å². The van der Waals surface area contributed by atoms with E-state index in [4.69, 9.17) is 5.73 Å². The van der Waals surface area contributed by atoms with Crippen molar-refractivity contribution < 1.29 is 9.18 Å². The lowest BCUT2D eigenvalue weighted by Gasteiger charge is -2.09. The van der Waals surface area contributed by atoms with Crippen molar-refractivity contribution in [2.24, 2.45) is 5.73 Å². The summed E-state index contributed by atoms with van der Waals surface area (Å²) in [5, 5.41) is 2.81. The first-order valence-corrected chi connectivity index (χ1v) is 7.19. The van der Waals surface area contributed by atoms with Crippen LogP contribution in [0.15, 0.2) is 36.5 Å². The monoisotopic (exact) mass is 300 g/mol. The van der Waals surface area contributed by atoms with Crippen LogP contribution >= 0.6 is 0 Å². The number of halogens is 1. The van der Waals surface area contributed by atoms with Gasteiger partial charge in [0.05, 0.1) is 17.4 Å². The van der Waals surface area contributed by atoms with Crippen LogP contribution < -0.4 is 11.1 Å². The topological polar surface area (TPSA) is 83.8 Å². The molecule has 4 N–H and O–H groups in total. The molecule has 0 radical (unpaired) electrons. The van der Waals surface area contributed by atoms with Gasteiger partial charge in [-0.15, -0.1) is 0 Å². The number of carbonyl (C=O) groups is 1. The van der Waals surface area contributed by atoms with Gasteiger partial charge in [0.25, 0.3) is 0 Å². The van der Waals surface area contributed by atoms with Crippen molar-refractivity contribution in [3.63, 3.8) is 0 Å². The van der Waals surface area contributed by atoms with Crippen LogP contribution in [0.2, 0.25) is 0 Å². The van der Waals surface area contributed by atoms with E-state index in [0.29, 0.717) is 42.0 Å². The highest BCUT2D eigenvalue weighted by molar-refractivity contribution is 5.95. The first kappa shape index (κ1) is 14.5. The van der Waals surface area contributed by atoms with E-state index in [2.05, 4.69) is 15.3 Å². The van der Waals surface area contributed by atoms with Gasteiger partial charge < -0.3 is 16.0 Å². The summed E-state index contributed by atoms with van der Waals surface area (Å²) in [4.78, 5) is 19.4. The van der Waals surface area contributed by atoms with Crippen LogP contribution in [0.5, 0.6) is 0 Å². The lowest BCUT2D eigenvalue weighted by molar-refractivity contribution is -0.116. The summed E-state index contributed by atoms with van der Waals surface area (Å²) >= 11 is 0. The number of anilines is 1. The Morgan fingerprint density at radius 1 is 1.32 bits per heavy atom. The zero-order valence-corrected chi connectivity index (χ0v) is 12.0. The Labute approximate surface area is 127 Å². The van der Waals surface area contributed by atoms with Gasteiger partial charge >= 0.3 is 0 Å². The number of H-pyrrole nitrogens is 1. The third-order valence-corrected chi connectivity index (χ3v) is 3.58. The molecule has 0 aliphatic carbocycles. The summed E-state index contributed by atoms with van der Waals surface area (Å²) in [6.07, 6.45) is 7.20. The first-order chi connectivity index (χ1) is 10.6. The van der Waals surface area contributed by atoms with Crippen LogP contribution in [0.3, 0.4) is 0 Å². The summed E-state index contributed by atoms with van der Waals surface area (Å²) in [7, 11) is 0. The van der Waals surface area contributed by atoms with Gasteiger partial charge in [-0.25, -0.2) is 9.37 Å². The molecule has 3 rings (SSSR count). The molecule has 114 valence electrons. The Morgan fingerprint density at radius 2 is 2.18 bits per heavy atom. The molecule has 2 heterocycles. The Kier molecular flexibility index (Phi) is 4.02. The zero-order valence-electron chi connectivity index (χ0n) is 12.0. The van der Waals surface area contributed by atoms with Crippen LogP contribution in [0.4, 0.5) is 10.1 Å². The molecule has 0 spiro atoms. The largest absolute Gasteiger partial charge is 0.347 e. The fourth-order valence-electron chi connectivity index (χ4n) is 2.40. The highest BCUT2D eigenvalue weighted by Crippen LogP contribution is 2.29. The predicted octanol–water partition coefficient (Wildman–Crippen LogP) is 2.89. The van der Waals surface area contributed by atoms with E-state index < -0.39 is 0 Å². The van der Waals surface area contributed by atoms with Crippen LogP contribution in [0.1, 0.15) is 31.1 Å². The van der Waals surface area contributed by atoms with Crippen LogP contribution in [-0.2, 0) is 4.79 Å². The minimum atomic E-state index is -0.382. The SMILES string of the molecule is NC1C/C=C/CCC(=O)Nc2ccc(F)cc2-c2c[nH]c1n2. The second-order valence-corrected chi connectivity index (χ2v) is 5.26. The van der Waals surface area contributed by atoms with Crippen molar-refractivity contribution in [1.29, 1.82) is 0 Å². The maximum atomic E-state index is 13.6. The Morgan fingerprint density at radius 3 is 3.05 bits per heavy atom. The van der Waals surface area contributed by atoms with Crippen molar-refractivity contribution in [3.05, 3.63) is 48.2 Å². The molecule has 0 fully saturated rings. The number of hydrogen-bond acceptors (Lipinski definition) is 3. The van der Waals surface area contributed by atoms with Gasteiger partial charge in [-0.2, -0.15) is 0 Å². The summed E-state index contributed by atoms with van der Waals surface area (Å²) in [6.45, 7) is 0. The first-order valence-electron chi connectivity index (χ1n) is 7.19. The van der Waals surface area contributed by atoms with Gasteiger partial charge in [-0.3, -0.25) is 4.79 Å². The maximum Gasteiger partial charge on any atom is 0.224 e. The second-order valence-electron chi connectivity index (χ2n) is 5.26. The molecule has 1 amide bonds. The van der Waals surface area contributed by atoms with Gasteiger partial charge in [0.1, 0.15) is 11.6 Å². The molecule has 5 nitrogen and oxygen atoms in total. The molecule has 1 aliphatic heterocycles. The molecule has 0 saturated carbocycles. The summed E-state index contributed by atoms with van der Waals surface area (Å²) in [5.74, 6) is 0.144. The molecule has 1 atom stereocenters. The lowest BCUT2D eigenvalue weighted by Crippen LogP contribution is -2.11. The Balaban J connectivity index is 2.06. The lowest BCUT2D eigenvalue weighted by atomic mass is 10.1. The van der Waals surface area contributed by atoms with Gasteiger partial charge in [-0.05, 0) is 31.0 Å². The molecule has 6 heteroatoms. The molecule has 1 aromatic carbocycles. The number of nitrogens with zero attached hydrogens (tertiary/aromatic N) is 1. The van der Waals surface area contributed by atoms with Gasteiger partial charge in [0, 0.05) is 18.2 Å². The molecule has 1 unspecified atom stereocenters. The zero-order chi connectivity index (χ0) is 15.5. The van der Waals surface area contributed by atoms with E-state index in [-0.39, 0.29) is 17.8 Å². The summed E-state index contributed by atoms with van der Waals surface area (Å²) in [5.41, 5.74) is 7.72. The number of carbonyl (C=O) groups excluding carboxylic acids is 1. The standard InChI is InChI=1S/C16H17FN4O/c17-10-6-7-13-11(8-10)14-9-19-16(21-14)12(18)4-2-1-3-5-15(22)20-13/h1-2,6-9,12H,3-5,18H2,(H,19,21)(H,20,22)/b2-1+. The van der Waals surface area contributed by atoms with Gasteiger partial charge in [0.2, 0.25) is 5.91 Å². The average Bonchev–Trinajstić information content (AvgIpc) is 2.97. The minimum absolute atomic E-state index is 0.114. The van der Waals surface area contributed by atoms with Crippen molar-refractivity contribution in [2.45, 2.75) is 25.3 Å². The molecular weight excluding hydrogens is 283 g/mol. The molecule has 2 bridgehead atoms. The molecule has 1 aliphatic rings. The fourth-order valence-corrected chi connectivity index (χ4v) is 2.40. The molecule has 1 aromatic heterocycles. The third kappa shape index (κ3) is 3.07. The smallest absolute Gasteiger partial charge is 0.224 e. The van der Waals surface area contributed by atoms with Gasteiger partial charge in [-0.1, -0.05) is 12.2 Å². The number of amides is 1. The highest BCUT2D eigenvalue weighted by atomic mass is 19.1. The number of fused-ring (bicyclic) bond motifs is 4. The minimum Gasteiger partial charge on any atom is -0.347 e. The Hall–Kier alpha value is -2.47. The number of nitrogens with two attached hydrogens (primary N) is 1. The highest BCUT2D eigenvalue weighted by Gasteiger charge is 2.15. The van der Waals surface area contributed by atoms with E-state index >= 15 is 0 Å². The number of benzene rings is 1. The number of hydrogen-bond donors (Lipinski definition) is 3. The second kappa shape index (κ2) is 6.11. The fraction of sp³-hybridized carbons (Fsp3) is 0.250. The number of rotatable bonds is 0. The molecule has 0 saturated heterocycles. The third-order valence-electron chi connectivity index (χ3n) is 3.58. The van der Waals surface area contributed by atoms with Crippen molar-refractivity contribution in [2.75, 3.05) is 5.32 Å². The van der Waals surface area contributed by atoms with Crippen molar-refractivity contribution >= 4 is 11.6 Å². The van der Waals surface area contributed by atoms with E-state index in [1.165, 1.54) is 12.1 Å². The summed E-state index contributed by atoms with van der Waals surface area (Å²) < 4.78 is 13.6. The molecular formula is C16H17FN4O. The Bertz CT molecular complexity index is 723.